The Hall–Kier alpha value is -6.86. The number of alkyl halides is 3. The van der Waals surface area contributed by atoms with Crippen molar-refractivity contribution in [1.29, 1.82) is 0 Å². The first-order chi connectivity index (χ1) is 25.9. The molecule has 53 heavy (non-hydrogen) atoms. The summed E-state index contributed by atoms with van der Waals surface area (Å²) in [6.45, 7) is 0. The summed E-state index contributed by atoms with van der Waals surface area (Å²) in [5.74, 6) is 1.40. The van der Waals surface area contributed by atoms with Crippen molar-refractivity contribution in [2.45, 2.75) is 6.18 Å². The van der Waals surface area contributed by atoms with Crippen LogP contribution in [-0.2, 0) is 6.18 Å². The Balaban J connectivity index is 1.28. The van der Waals surface area contributed by atoms with Gasteiger partial charge in [0.25, 0.3) is 0 Å². The Bertz CT molecular complexity index is 2680. The van der Waals surface area contributed by atoms with Crippen molar-refractivity contribution in [2.75, 3.05) is 0 Å². The van der Waals surface area contributed by atoms with Gasteiger partial charge in [-0.15, -0.1) is 0 Å². The number of rotatable bonds is 6. The van der Waals surface area contributed by atoms with Gasteiger partial charge in [-0.25, -0.2) is 15.0 Å². The third-order valence-corrected chi connectivity index (χ3v) is 9.50. The number of nitrogens with zero attached hydrogens (tertiary/aromatic N) is 4. The zero-order valence-corrected chi connectivity index (χ0v) is 28.2. The van der Waals surface area contributed by atoms with Crippen molar-refractivity contribution < 1.29 is 13.2 Å². The van der Waals surface area contributed by atoms with Gasteiger partial charge in [0, 0.05) is 33.2 Å². The maximum Gasteiger partial charge on any atom is 0.416 e. The molecule has 0 aliphatic rings. The van der Waals surface area contributed by atoms with E-state index in [9.17, 15) is 13.2 Å². The van der Waals surface area contributed by atoms with Crippen molar-refractivity contribution in [3.8, 4) is 62.1 Å². The topological polar surface area (TPSA) is 43.6 Å². The van der Waals surface area contributed by atoms with Gasteiger partial charge in [0.05, 0.1) is 16.6 Å². The zero-order chi connectivity index (χ0) is 35.9. The molecule has 4 nitrogen and oxygen atoms in total. The minimum absolute atomic E-state index is 0.411. The number of aromatic nitrogens is 4. The maximum absolute atomic E-state index is 13.7. The van der Waals surface area contributed by atoms with E-state index in [0.717, 1.165) is 61.9 Å². The van der Waals surface area contributed by atoms with Crippen LogP contribution in [0.5, 0.6) is 0 Å². The lowest BCUT2D eigenvalue weighted by atomic mass is 9.97. The molecule has 7 aromatic carbocycles. The molecule has 0 aliphatic carbocycles. The van der Waals surface area contributed by atoms with Gasteiger partial charge in [0.15, 0.2) is 17.5 Å². The lowest BCUT2D eigenvalue weighted by molar-refractivity contribution is -0.137. The molecule has 0 saturated carbocycles. The summed E-state index contributed by atoms with van der Waals surface area (Å²) in [6.07, 6.45) is -4.46. The van der Waals surface area contributed by atoms with Gasteiger partial charge >= 0.3 is 6.18 Å². The normalized spacial score (nSPS) is 11.7. The van der Waals surface area contributed by atoms with Crippen LogP contribution in [0.4, 0.5) is 13.2 Å². The molecule has 0 spiro atoms. The quantitative estimate of drug-likeness (QED) is 0.174. The lowest BCUT2D eigenvalue weighted by Crippen LogP contribution is -2.04. The Labute approximate surface area is 303 Å². The summed E-state index contributed by atoms with van der Waals surface area (Å²) >= 11 is 0. The second-order valence-electron chi connectivity index (χ2n) is 12.8. The van der Waals surface area contributed by atoms with Crippen molar-refractivity contribution in [3.05, 3.63) is 181 Å². The first-order valence-electron chi connectivity index (χ1n) is 17.2. The van der Waals surface area contributed by atoms with E-state index in [4.69, 9.17) is 15.0 Å². The van der Waals surface area contributed by atoms with Gasteiger partial charge in [0.1, 0.15) is 0 Å². The van der Waals surface area contributed by atoms with Crippen molar-refractivity contribution >= 4 is 21.8 Å². The predicted molar refractivity (Wildman–Crippen MR) is 206 cm³/mol. The fourth-order valence-electron chi connectivity index (χ4n) is 6.93. The van der Waals surface area contributed by atoms with Crippen LogP contribution in [0.25, 0.3) is 83.9 Å². The molecule has 9 aromatic rings. The van der Waals surface area contributed by atoms with Crippen LogP contribution in [0.15, 0.2) is 176 Å². The summed E-state index contributed by atoms with van der Waals surface area (Å²) < 4.78 is 43.4. The highest BCUT2D eigenvalue weighted by Gasteiger charge is 2.30. The molecule has 9 rings (SSSR count). The largest absolute Gasteiger partial charge is 0.416 e. The Kier molecular flexibility index (Phi) is 7.89. The van der Waals surface area contributed by atoms with E-state index in [-0.39, 0.29) is 0 Å². The van der Waals surface area contributed by atoms with Crippen LogP contribution in [0.3, 0.4) is 0 Å². The molecular formula is C46H29F3N4. The Morgan fingerprint density at radius 2 is 0.906 bits per heavy atom. The van der Waals surface area contributed by atoms with Crippen LogP contribution >= 0.6 is 0 Å². The lowest BCUT2D eigenvalue weighted by Gasteiger charge is -2.16. The molecule has 0 atom stereocenters. The number of fused-ring (bicyclic) bond motifs is 3. The van der Waals surface area contributed by atoms with Crippen LogP contribution < -0.4 is 0 Å². The summed E-state index contributed by atoms with van der Waals surface area (Å²) in [7, 11) is 0. The first kappa shape index (κ1) is 32.1. The molecular weight excluding hydrogens is 666 g/mol. The van der Waals surface area contributed by atoms with Gasteiger partial charge in [0.2, 0.25) is 0 Å². The molecule has 2 heterocycles. The monoisotopic (exact) mass is 694 g/mol. The van der Waals surface area contributed by atoms with Gasteiger partial charge in [-0.2, -0.15) is 13.2 Å². The summed E-state index contributed by atoms with van der Waals surface area (Å²) in [5, 5.41) is 2.19. The van der Waals surface area contributed by atoms with Gasteiger partial charge < -0.3 is 4.57 Å². The van der Waals surface area contributed by atoms with Crippen LogP contribution in [0.1, 0.15) is 5.56 Å². The van der Waals surface area contributed by atoms with Crippen LogP contribution in [0, 0.1) is 0 Å². The average Bonchev–Trinajstić information content (AvgIpc) is 3.55. The number of hydrogen-bond acceptors (Lipinski definition) is 3. The summed E-state index contributed by atoms with van der Waals surface area (Å²) in [4.78, 5) is 14.8. The van der Waals surface area contributed by atoms with Gasteiger partial charge in [-0.05, 0) is 70.8 Å². The van der Waals surface area contributed by atoms with E-state index >= 15 is 0 Å². The highest BCUT2D eigenvalue weighted by Crippen LogP contribution is 2.40. The molecule has 0 N–H and O–H groups in total. The minimum Gasteiger partial charge on any atom is -0.309 e. The molecule has 0 radical (unpaired) electrons. The highest BCUT2D eigenvalue weighted by atomic mass is 19.4. The molecule has 0 fully saturated rings. The van der Waals surface area contributed by atoms with Crippen molar-refractivity contribution in [1.82, 2.24) is 19.5 Å². The smallest absolute Gasteiger partial charge is 0.309 e. The minimum atomic E-state index is -4.46. The summed E-state index contributed by atoms with van der Waals surface area (Å²) in [6, 6.07) is 55.6. The maximum atomic E-state index is 13.7. The van der Waals surface area contributed by atoms with Gasteiger partial charge in [-0.1, -0.05) is 127 Å². The number of para-hydroxylation sites is 1. The number of hydrogen-bond donors (Lipinski definition) is 0. The summed E-state index contributed by atoms with van der Waals surface area (Å²) in [5.41, 5.74) is 7.99. The Morgan fingerprint density at radius 3 is 1.53 bits per heavy atom. The third kappa shape index (κ3) is 6.02. The molecule has 0 aliphatic heterocycles. The van der Waals surface area contributed by atoms with Crippen LogP contribution in [-0.4, -0.2) is 19.5 Å². The Morgan fingerprint density at radius 1 is 0.377 bits per heavy atom. The molecule has 0 unspecified atom stereocenters. The fourth-order valence-corrected chi connectivity index (χ4v) is 6.93. The zero-order valence-electron chi connectivity index (χ0n) is 28.2. The SMILES string of the molecule is FC(F)(F)c1ccc(-c2cc(-n3c4ccccc4c4cc(-c5ccccc5)ccc43)ccc2-c2nc(-c3ccccc3)nc(-c3ccccc3)n2)cc1. The van der Waals surface area contributed by atoms with E-state index in [0.29, 0.717) is 34.2 Å². The van der Waals surface area contributed by atoms with Crippen molar-refractivity contribution in [2.24, 2.45) is 0 Å². The fraction of sp³-hybridized carbons (Fsp3) is 0.0217. The molecule has 0 bridgehead atoms. The highest BCUT2D eigenvalue weighted by molar-refractivity contribution is 6.10. The van der Waals surface area contributed by atoms with E-state index < -0.39 is 11.7 Å². The number of halogens is 3. The first-order valence-corrected chi connectivity index (χ1v) is 17.2. The van der Waals surface area contributed by atoms with E-state index in [2.05, 4.69) is 47.0 Å². The third-order valence-electron chi connectivity index (χ3n) is 9.50. The molecule has 2 aromatic heterocycles. The molecule has 0 amide bonds. The molecule has 254 valence electrons. The predicted octanol–water partition coefficient (Wildman–Crippen LogP) is 12.3. The molecule has 0 saturated heterocycles. The van der Waals surface area contributed by atoms with E-state index in [1.54, 1.807) is 0 Å². The van der Waals surface area contributed by atoms with E-state index in [1.165, 1.54) is 12.1 Å². The standard InChI is InChI=1S/C46H29F3N4/c47-46(48,49)35-23-20-31(21-24-35)39-29-36(53-41-19-11-10-18-37(41)40-28-34(22-27-42(40)53)30-12-4-1-5-13-30)25-26-38(39)45-51-43(32-14-6-2-7-15-32)50-44(52-45)33-16-8-3-9-17-33/h1-29H. The van der Waals surface area contributed by atoms with E-state index in [1.807, 2.05) is 109 Å². The van der Waals surface area contributed by atoms with Crippen LogP contribution in [0.2, 0.25) is 0 Å². The van der Waals surface area contributed by atoms with Crippen molar-refractivity contribution in [3.63, 3.8) is 0 Å². The van der Waals surface area contributed by atoms with Gasteiger partial charge in [-0.3, -0.25) is 0 Å². The average molecular weight is 695 g/mol. The molecule has 7 heteroatoms. The second-order valence-corrected chi connectivity index (χ2v) is 12.8. The second kappa shape index (κ2) is 13.0. The number of benzene rings is 7.